The van der Waals surface area contributed by atoms with Gasteiger partial charge in [-0.1, -0.05) is 0 Å². The fourth-order valence-corrected chi connectivity index (χ4v) is 4.97. The number of nitrogens with one attached hydrogen (secondary N) is 1. The zero-order chi connectivity index (χ0) is 23.2. The summed E-state index contributed by atoms with van der Waals surface area (Å²) in [6.45, 7) is 0.947. The van der Waals surface area contributed by atoms with Crippen LogP contribution in [-0.4, -0.2) is 59.3 Å². The van der Waals surface area contributed by atoms with E-state index in [2.05, 4.69) is 19.9 Å². The molecule has 4 heterocycles. The van der Waals surface area contributed by atoms with E-state index >= 15 is 0 Å². The van der Waals surface area contributed by atoms with Gasteiger partial charge in [0.2, 0.25) is 0 Å². The van der Waals surface area contributed by atoms with Crippen LogP contribution in [0.2, 0.25) is 0 Å². The summed E-state index contributed by atoms with van der Waals surface area (Å²) in [6.07, 6.45) is 5.51. The van der Waals surface area contributed by atoms with Crippen molar-refractivity contribution >= 4 is 32.3 Å². The van der Waals surface area contributed by atoms with Crippen molar-refractivity contribution in [2.75, 3.05) is 29.8 Å². The minimum Gasteiger partial charge on any atom is -0.494 e. The van der Waals surface area contributed by atoms with Gasteiger partial charge in [-0.3, -0.25) is 9.40 Å². The number of aryl methyl sites for hydroxylation is 1. The number of nitrogens with zero attached hydrogens (tertiary/aromatic N) is 6. The van der Waals surface area contributed by atoms with E-state index in [0.29, 0.717) is 36.6 Å². The Morgan fingerprint density at radius 3 is 2.82 bits per heavy atom. The highest BCUT2D eigenvalue weighted by Gasteiger charge is 2.24. The largest absolute Gasteiger partial charge is 0.494 e. The van der Waals surface area contributed by atoms with Gasteiger partial charge in [-0.2, -0.15) is 10.2 Å². The van der Waals surface area contributed by atoms with Crippen LogP contribution in [0.5, 0.6) is 5.75 Å². The number of sulfonamides is 1. The monoisotopic (exact) mass is 471 g/mol. The lowest BCUT2D eigenvalue weighted by atomic mass is 10.2. The predicted octanol–water partition coefficient (Wildman–Crippen LogP) is 2.51. The molecule has 10 nitrogen and oxygen atoms in total. The van der Waals surface area contributed by atoms with Crippen LogP contribution in [-0.2, 0) is 17.1 Å². The third kappa shape index (κ3) is 3.86. The number of ether oxygens (including phenoxy) is 1. The molecule has 5 rings (SSSR count). The zero-order valence-electron chi connectivity index (χ0n) is 18.0. The first-order valence-electron chi connectivity index (χ1n) is 10.3. The van der Waals surface area contributed by atoms with Crippen LogP contribution in [0.4, 0.5) is 15.8 Å². The maximum atomic E-state index is 13.6. The molecule has 0 aliphatic carbocycles. The topological polar surface area (TPSA) is 107 Å². The second-order valence-corrected chi connectivity index (χ2v) is 9.46. The van der Waals surface area contributed by atoms with Crippen LogP contribution in [0.3, 0.4) is 0 Å². The van der Waals surface area contributed by atoms with Crippen LogP contribution in [0.25, 0.3) is 16.7 Å². The second kappa shape index (κ2) is 8.03. The highest BCUT2D eigenvalue weighted by Crippen LogP contribution is 2.34. The first kappa shape index (κ1) is 21.2. The lowest BCUT2D eigenvalue weighted by Crippen LogP contribution is -2.20. The molecular weight excluding hydrogens is 449 g/mol. The quantitative estimate of drug-likeness (QED) is 0.460. The number of hydrogen-bond donors (Lipinski definition) is 1. The maximum absolute atomic E-state index is 13.6. The Balaban J connectivity index is 1.46. The zero-order valence-corrected chi connectivity index (χ0v) is 18.8. The summed E-state index contributed by atoms with van der Waals surface area (Å²) in [5, 5.41) is 9.15. The molecule has 0 bridgehead atoms. The number of anilines is 2. The van der Waals surface area contributed by atoms with E-state index < -0.39 is 16.2 Å². The van der Waals surface area contributed by atoms with Gasteiger partial charge >= 0.3 is 0 Å². The number of alkyl halides is 1. The molecule has 33 heavy (non-hydrogen) atoms. The lowest BCUT2D eigenvalue weighted by Gasteiger charge is -2.17. The molecule has 4 aromatic rings. The van der Waals surface area contributed by atoms with Gasteiger partial charge in [-0.05, 0) is 24.6 Å². The van der Waals surface area contributed by atoms with Crippen molar-refractivity contribution in [1.29, 1.82) is 0 Å². The van der Waals surface area contributed by atoms with Crippen LogP contribution in [0, 0.1) is 0 Å². The SMILES string of the molecule is COc1ccc2cnn(C)c2c1NS(=O)(=O)c1cnn(-c2cc(N3CC[C@H](F)C3)ccn2)c1. The molecule has 0 spiro atoms. The van der Waals surface area contributed by atoms with Crippen molar-refractivity contribution in [3.05, 3.63) is 49.1 Å². The van der Waals surface area contributed by atoms with Gasteiger partial charge in [-0.15, -0.1) is 0 Å². The lowest BCUT2D eigenvalue weighted by molar-refractivity contribution is 0.364. The minimum absolute atomic E-state index is 0.0408. The number of methoxy groups -OCH3 is 1. The Hall–Kier alpha value is -3.67. The van der Waals surface area contributed by atoms with E-state index in [1.54, 1.807) is 48.4 Å². The molecule has 0 unspecified atom stereocenters. The molecule has 1 aliphatic rings. The predicted molar refractivity (Wildman–Crippen MR) is 121 cm³/mol. The van der Waals surface area contributed by atoms with Crippen molar-refractivity contribution in [2.24, 2.45) is 7.05 Å². The van der Waals surface area contributed by atoms with E-state index in [1.807, 2.05) is 4.90 Å². The van der Waals surface area contributed by atoms with Gasteiger partial charge in [0.25, 0.3) is 10.0 Å². The van der Waals surface area contributed by atoms with Gasteiger partial charge in [0.05, 0.1) is 31.2 Å². The summed E-state index contributed by atoms with van der Waals surface area (Å²) in [5.41, 5.74) is 1.69. The van der Waals surface area contributed by atoms with Gasteiger partial charge < -0.3 is 9.64 Å². The molecule has 1 aromatic carbocycles. The van der Waals surface area contributed by atoms with Gasteiger partial charge in [0.1, 0.15) is 22.5 Å². The molecule has 1 N–H and O–H groups in total. The average molecular weight is 472 g/mol. The second-order valence-electron chi connectivity index (χ2n) is 7.78. The van der Waals surface area contributed by atoms with Gasteiger partial charge in [0, 0.05) is 43.5 Å². The molecule has 0 amide bonds. The first-order valence-corrected chi connectivity index (χ1v) is 11.8. The summed E-state index contributed by atoms with van der Waals surface area (Å²) in [7, 11) is -0.801. The molecule has 12 heteroatoms. The van der Waals surface area contributed by atoms with Crippen molar-refractivity contribution < 1.29 is 17.5 Å². The minimum atomic E-state index is -3.99. The molecule has 1 aliphatic heterocycles. The Kier molecular flexibility index (Phi) is 5.16. The van der Waals surface area contributed by atoms with Crippen molar-refractivity contribution in [3.8, 4) is 11.6 Å². The van der Waals surface area contributed by atoms with Gasteiger partial charge in [0.15, 0.2) is 5.82 Å². The third-order valence-corrected chi connectivity index (χ3v) is 6.95. The molecule has 1 atom stereocenters. The number of aromatic nitrogens is 5. The summed E-state index contributed by atoms with van der Waals surface area (Å²) >= 11 is 0. The molecular formula is C21H22FN7O3S. The Morgan fingerprint density at radius 1 is 1.21 bits per heavy atom. The van der Waals surface area contributed by atoms with E-state index in [9.17, 15) is 12.8 Å². The number of pyridine rings is 1. The highest BCUT2D eigenvalue weighted by atomic mass is 32.2. The standard InChI is InChI=1S/C21H22FN7O3S/c1-27-21-14(10-24-27)3-4-18(32-2)20(21)26-33(30,31)17-11-25-29(13-17)19-9-16(5-7-23-19)28-8-6-15(22)12-28/h3-5,7,9-11,13,15,26H,6,8,12H2,1-2H3/t15-/m0/s1. The van der Waals surface area contributed by atoms with Crippen molar-refractivity contribution in [1.82, 2.24) is 24.5 Å². The number of rotatable bonds is 6. The van der Waals surface area contributed by atoms with E-state index in [-0.39, 0.29) is 10.6 Å². The molecule has 1 fully saturated rings. The highest BCUT2D eigenvalue weighted by molar-refractivity contribution is 7.92. The van der Waals surface area contributed by atoms with Crippen LogP contribution in [0.15, 0.2) is 53.9 Å². The number of fused-ring (bicyclic) bond motifs is 1. The van der Waals surface area contributed by atoms with Crippen LogP contribution >= 0.6 is 0 Å². The van der Waals surface area contributed by atoms with Crippen LogP contribution < -0.4 is 14.4 Å². The smallest absolute Gasteiger partial charge is 0.265 e. The van der Waals surface area contributed by atoms with Gasteiger partial charge in [-0.25, -0.2) is 22.5 Å². The van der Waals surface area contributed by atoms with E-state index in [1.165, 1.54) is 24.2 Å². The summed E-state index contributed by atoms with van der Waals surface area (Å²) in [6, 6.07) is 7.04. The molecule has 3 aromatic heterocycles. The fourth-order valence-electron chi connectivity index (χ4n) is 3.96. The normalized spacial score (nSPS) is 16.5. The Labute approximate surface area is 189 Å². The van der Waals surface area contributed by atoms with E-state index in [4.69, 9.17) is 4.74 Å². The molecule has 0 saturated carbocycles. The summed E-state index contributed by atoms with van der Waals surface area (Å²) in [5.74, 6) is 0.802. The summed E-state index contributed by atoms with van der Waals surface area (Å²) in [4.78, 5) is 6.17. The molecule has 1 saturated heterocycles. The average Bonchev–Trinajstić information content (AvgIpc) is 3.54. The fraction of sp³-hybridized carbons (Fsp3) is 0.286. The number of benzene rings is 1. The van der Waals surface area contributed by atoms with E-state index in [0.717, 1.165) is 11.1 Å². The maximum Gasteiger partial charge on any atom is 0.265 e. The molecule has 172 valence electrons. The first-order chi connectivity index (χ1) is 15.9. The summed E-state index contributed by atoms with van der Waals surface area (Å²) < 4.78 is 50.9. The van der Waals surface area contributed by atoms with Crippen LogP contribution in [0.1, 0.15) is 6.42 Å². The Morgan fingerprint density at radius 2 is 2.06 bits per heavy atom. The van der Waals surface area contributed by atoms with Crippen molar-refractivity contribution in [2.45, 2.75) is 17.5 Å². The van der Waals surface area contributed by atoms with Crippen molar-refractivity contribution in [3.63, 3.8) is 0 Å². The number of hydrogen-bond acceptors (Lipinski definition) is 7. The molecule has 0 radical (unpaired) electrons. The number of halogens is 1. The Bertz CT molecular complexity index is 1430. The third-order valence-electron chi connectivity index (χ3n) is 5.65.